The summed E-state index contributed by atoms with van der Waals surface area (Å²) in [6, 6.07) is 16.9. The lowest BCUT2D eigenvalue weighted by Gasteiger charge is -2.26. The van der Waals surface area contributed by atoms with E-state index < -0.39 is 23.8 Å². The van der Waals surface area contributed by atoms with Gasteiger partial charge in [0, 0.05) is 0 Å². The maximum Gasteiger partial charge on any atom is 0.407 e. The number of aliphatic hydroxyl groups is 1. The first-order chi connectivity index (χ1) is 13.3. The minimum absolute atomic E-state index is 0.0126. The third-order valence-electron chi connectivity index (χ3n) is 3.95. The molecule has 0 bridgehead atoms. The van der Waals surface area contributed by atoms with Gasteiger partial charge < -0.3 is 19.9 Å². The van der Waals surface area contributed by atoms with Crippen molar-refractivity contribution in [1.82, 2.24) is 5.32 Å². The summed E-state index contributed by atoms with van der Waals surface area (Å²) >= 11 is 5.79. The van der Waals surface area contributed by atoms with Gasteiger partial charge in [0.2, 0.25) is 0 Å². The van der Waals surface area contributed by atoms with Crippen molar-refractivity contribution in [2.24, 2.45) is 0 Å². The molecular weight excluding hydrogens is 378 g/mol. The zero-order valence-corrected chi connectivity index (χ0v) is 17.3. The fourth-order valence-electron chi connectivity index (χ4n) is 2.57. The van der Waals surface area contributed by atoms with Gasteiger partial charge in [0.15, 0.2) is 0 Å². The van der Waals surface area contributed by atoms with Crippen molar-refractivity contribution >= 4 is 17.7 Å². The van der Waals surface area contributed by atoms with E-state index in [0.29, 0.717) is 13.0 Å². The van der Waals surface area contributed by atoms with Gasteiger partial charge >= 0.3 is 6.09 Å². The van der Waals surface area contributed by atoms with Crippen LogP contribution in [0.1, 0.15) is 31.9 Å². The standard InChI is InChI=1S/C22H28ClNO4/c1-22(2,3)28-21(26)24-19(20(25)14-23)13-16-9-11-18(12-10-16)27-15-17-7-5-4-6-8-17/h4-12,19-20,25H,13-15H2,1-3H3,(H,24,26)/t19?,20-/m1/s1. The summed E-state index contributed by atoms with van der Waals surface area (Å²) in [6.07, 6.45) is -1.04. The smallest absolute Gasteiger partial charge is 0.407 e. The van der Waals surface area contributed by atoms with Crippen molar-refractivity contribution in [2.75, 3.05) is 5.88 Å². The van der Waals surface area contributed by atoms with Crippen molar-refractivity contribution in [2.45, 2.75) is 51.5 Å². The van der Waals surface area contributed by atoms with Crippen molar-refractivity contribution in [3.8, 4) is 5.75 Å². The Balaban J connectivity index is 1.95. The van der Waals surface area contributed by atoms with E-state index in [4.69, 9.17) is 21.1 Å². The van der Waals surface area contributed by atoms with Gasteiger partial charge in [-0.15, -0.1) is 11.6 Å². The molecule has 2 aromatic rings. The van der Waals surface area contributed by atoms with Crippen molar-refractivity contribution in [3.05, 3.63) is 65.7 Å². The zero-order valence-electron chi connectivity index (χ0n) is 16.5. The maximum atomic E-state index is 12.0. The summed E-state index contributed by atoms with van der Waals surface area (Å²) in [6.45, 7) is 5.85. The van der Waals surface area contributed by atoms with Crippen molar-refractivity contribution in [3.63, 3.8) is 0 Å². The molecule has 0 heterocycles. The van der Waals surface area contributed by atoms with Gasteiger partial charge in [0.25, 0.3) is 0 Å². The number of ether oxygens (including phenoxy) is 2. The average molecular weight is 406 g/mol. The molecule has 5 nitrogen and oxygen atoms in total. The molecule has 1 unspecified atom stereocenters. The Morgan fingerprint density at radius 3 is 2.29 bits per heavy atom. The number of carbonyl (C=O) groups excluding carboxylic acids is 1. The quantitative estimate of drug-likeness (QED) is 0.642. The molecule has 0 aliphatic rings. The largest absolute Gasteiger partial charge is 0.489 e. The Hall–Kier alpha value is -2.24. The lowest BCUT2D eigenvalue weighted by atomic mass is 10.0. The number of amides is 1. The van der Waals surface area contributed by atoms with Crippen LogP contribution < -0.4 is 10.1 Å². The van der Waals surface area contributed by atoms with Crippen LogP contribution in [0, 0.1) is 0 Å². The lowest BCUT2D eigenvalue weighted by molar-refractivity contribution is 0.0440. The second-order valence-electron chi connectivity index (χ2n) is 7.60. The third kappa shape index (κ3) is 7.79. The first-order valence-electron chi connectivity index (χ1n) is 9.26. The molecular formula is C22H28ClNO4. The molecule has 152 valence electrons. The molecule has 0 aliphatic heterocycles. The number of hydrogen-bond acceptors (Lipinski definition) is 4. The highest BCUT2D eigenvalue weighted by Gasteiger charge is 2.24. The van der Waals surface area contributed by atoms with Gasteiger partial charge in [-0.25, -0.2) is 4.79 Å². The fraction of sp³-hybridized carbons (Fsp3) is 0.409. The molecule has 1 amide bonds. The lowest BCUT2D eigenvalue weighted by Crippen LogP contribution is -2.47. The second kappa shape index (κ2) is 10.3. The summed E-state index contributed by atoms with van der Waals surface area (Å²) in [4.78, 5) is 12.0. The maximum absolute atomic E-state index is 12.0. The number of hydrogen-bond donors (Lipinski definition) is 2. The molecule has 2 atom stereocenters. The predicted molar refractivity (Wildman–Crippen MR) is 111 cm³/mol. The molecule has 0 aromatic heterocycles. The van der Waals surface area contributed by atoms with Gasteiger partial charge in [-0.1, -0.05) is 42.5 Å². The number of aliphatic hydroxyl groups excluding tert-OH is 1. The topological polar surface area (TPSA) is 67.8 Å². The van der Waals surface area contributed by atoms with E-state index >= 15 is 0 Å². The molecule has 0 saturated heterocycles. The molecule has 0 radical (unpaired) electrons. The van der Waals surface area contributed by atoms with Crippen molar-refractivity contribution in [1.29, 1.82) is 0 Å². The number of halogens is 1. The Kier molecular flexibility index (Phi) is 8.15. The molecule has 0 saturated carbocycles. The number of nitrogens with one attached hydrogen (secondary N) is 1. The van der Waals surface area contributed by atoms with Crippen LogP contribution in [0.5, 0.6) is 5.75 Å². The average Bonchev–Trinajstić information content (AvgIpc) is 2.65. The third-order valence-corrected chi connectivity index (χ3v) is 4.27. The van der Waals surface area contributed by atoms with Crippen LogP contribution in [0.4, 0.5) is 4.79 Å². The van der Waals surface area contributed by atoms with E-state index in [0.717, 1.165) is 16.9 Å². The molecule has 6 heteroatoms. The molecule has 28 heavy (non-hydrogen) atoms. The van der Waals surface area contributed by atoms with Crippen LogP contribution in [0.2, 0.25) is 0 Å². The highest BCUT2D eigenvalue weighted by atomic mass is 35.5. The minimum Gasteiger partial charge on any atom is -0.489 e. The number of alkyl halides is 1. The molecule has 0 fully saturated rings. The van der Waals surface area contributed by atoms with E-state index in [1.54, 1.807) is 20.8 Å². The fourth-order valence-corrected chi connectivity index (χ4v) is 2.78. The normalized spacial score (nSPS) is 13.5. The Labute approximate surface area is 171 Å². The van der Waals surface area contributed by atoms with E-state index in [1.807, 2.05) is 54.6 Å². The van der Waals surface area contributed by atoms with Crippen LogP contribution in [-0.2, 0) is 17.8 Å². The Bertz CT molecular complexity index is 728. The number of benzene rings is 2. The summed E-state index contributed by atoms with van der Waals surface area (Å²) in [5.41, 5.74) is 1.42. The zero-order chi connectivity index (χ0) is 20.6. The van der Waals surface area contributed by atoms with Gasteiger partial charge in [-0.05, 0) is 50.5 Å². The Morgan fingerprint density at radius 2 is 1.71 bits per heavy atom. The number of alkyl carbamates (subject to hydrolysis) is 1. The molecule has 0 spiro atoms. The number of rotatable bonds is 8. The summed E-state index contributed by atoms with van der Waals surface area (Å²) in [5, 5.41) is 12.9. The van der Waals surface area contributed by atoms with E-state index in [-0.39, 0.29) is 5.88 Å². The second-order valence-corrected chi connectivity index (χ2v) is 7.91. The van der Waals surface area contributed by atoms with Gasteiger partial charge in [-0.3, -0.25) is 0 Å². The molecule has 0 aliphatic carbocycles. The van der Waals surface area contributed by atoms with E-state index in [2.05, 4.69) is 5.32 Å². The Morgan fingerprint density at radius 1 is 1.07 bits per heavy atom. The highest BCUT2D eigenvalue weighted by Crippen LogP contribution is 2.17. The van der Waals surface area contributed by atoms with Crippen LogP contribution in [-0.4, -0.2) is 34.8 Å². The summed E-state index contributed by atoms with van der Waals surface area (Å²) in [7, 11) is 0. The predicted octanol–water partition coefficient (Wildman–Crippen LogP) is 4.30. The first kappa shape index (κ1) is 22.1. The van der Waals surface area contributed by atoms with E-state index in [1.165, 1.54) is 0 Å². The highest BCUT2D eigenvalue weighted by molar-refractivity contribution is 6.18. The van der Waals surface area contributed by atoms with Crippen LogP contribution in [0.25, 0.3) is 0 Å². The number of carbonyl (C=O) groups is 1. The van der Waals surface area contributed by atoms with E-state index in [9.17, 15) is 9.90 Å². The van der Waals surface area contributed by atoms with Gasteiger partial charge in [0.1, 0.15) is 18.0 Å². The molecule has 2 rings (SSSR count). The summed E-state index contributed by atoms with van der Waals surface area (Å²) in [5.74, 6) is 0.765. The van der Waals surface area contributed by atoms with Gasteiger partial charge in [0.05, 0.1) is 18.0 Å². The minimum atomic E-state index is -0.886. The van der Waals surface area contributed by atoms with Crippen LogP contribution in [0.15, 0.2) is 54.6 Å². The first-order valence-corrected chi connectivity index (χ1v) is 9.79. The monoisotopic (exact) mass is 405 g/mol. The van der Waals surface area contributed by atoms with Crippen LogP contribution in [0.3, 0.4) is 0 Å². The van der Waals surface area contributed by atoms with Gasteiger partial charge in [-0.2, -0.15) is 0 Å². The molecule has 2 aromatic carbocycles. The van der Waals surface area contributed by atoms with Crippen LogP contribution >= 0.6 is 11.6 Å². The SMILES string of the molecule is CC(C)(C)OC(=O)NC(Cc1ccc(OCc2ccccc2)cc1)[C@H](O)CCl. The van der Waals surface area contributed by atoms with Crippen molar-refractivity contribution < 1.29 is 19.4 Å². The molecule has 2 N–H and O–H groups in total. The summed E-state index contributed by atoms with van der Waals surface area (Å²) < 4.78 is 11.0.